The number of hydrogen-bond acceptors (Lipinski definition) is 5. The Bertz CT molecular complexity index is 587. The summed E-state index contributed by atoms with van der Waals surface area (Å²) in [5, 5.41) is 2.94. The molecule has 0 aromatic heterocycles. The van der Waals surface area contributed by atoms with Crippen molar-refractivity contribution in [3.63, 3.8) is 0 Å². The van der Waals surface area contributed by atoms with Crippen LogP contribution in [0, 0.1) is 0 Å². The van der Waals surface area contributed by atoms with E-state index in [1.165, 1.54) is 5.56 Å². The molecule has 138 valence electrons. The molecule has 1 N–H and O–H groups in total. The van der Waals surface area contributed by atoms with Gasteiger partial charge < -0.3 is 19.5 Å². The van der Waals surface area contributed by atoms with Gasteiger partial charge in [0.25, 0.3) is 0 Å². The molecule has 0 spiro atoms. The molecule has 6 heteroatoms. The van der Waals surface area contributed by atoms with Crippen LogP contribution in [-0.2, 0) is 20.7 Å². The first-order valence-corrected chi connectivity index (χ1v) is 8.98. The van der Waals surface area contributed by atoms with Gasteiger partial charge >= 0.3 is 12.1 Å². The van der Waals surface area contributed by atoms with Crippen molar-refractivity contribution in [1.82, 2.24) is 5.32 Å². The minimum absolute atomic E-state index is 0.0935. The molecule has 1 atom stereocenters. The molecule has 25 heavy (non-hydrogen) atoms. The summed E-state index contributed by atoms with van der Waals surface area (Å²) in [6.07, 6.45) is 4.30. The number of nitrogens with one attached hydrogen (secondary N) is 1. The number of carbonyl (C=O) groups excluding carboxylic acids is 2. The lowest BCUT2D eigenvalue weighted by Crippen LogP contribution is -2.31. The molecule has 1 aliphatic rings. The van der Waals surface area contributed by atoms with Crippen LogP contribution in [0.2, 0.25) is 0 Å². The molecule has 1 aromatic rings. The average molecular weight is 349 g/mol. The van der Waals surface area contributed by atoms with Crippen molar-refractivity contribution in [3.05, 3.63) is 29.3 Å². The average Bonchev–Trinajstić information content (AvgIpc) is 2.61. The zero-order valence-electron chi connectivity index (χ0n) is 15.0. The van der Waals surface area contributed by atoms with E-state index < -0.39 is 5.97 Å². The number of hydrogen-bond donors (Lipinski definition) is 1. The van der Waals surface area contributed by atoms with Crippen molar-refractivity contribution < 1.29 is 23.8 Å². The van der Waals surface area contributed by atoms with Gasteiger partial charge in [-0.05, 0) is 55.9 Å². The highest BCUT2D eigenvalue weighted by molar-refractivity contribution is 5.71. The predicted molar refractivity (Wildman–Crippen MR) is 93.6 cm³/mol. The van der Waals surface area contributed by atoms with E-state index in [1.807, 2.05) is 18.2 Å². The summed E-state index contributed by atoms with van der Waals surface area (Å²) in [6.45, 7) is 4.45. The Balaban J connectivity index is 1.98. The molecule has 0 bridgehead atoms. The summed E-state index contributed by atoms with van der Waals surface area (Å²) in [5.41, 5.74) is 2.22. The number of esters is 1. The normalized spacial score (nSPS) is 15.8. The van der Waals surface area contributed by atoms with Crippen molar-refractivity contribution in [3.8, 4) is 5.75 Å². The summed E-state index contributed by atoms with van der Waals surface area (Å²) in [7, 11) is 0. The van der Waals surface area contributed by atoms with E-state index in [0.29, 0.717) is 19.0 Å². The van der Waals surface area contributed by atoms with Crippen LogP contribution in [0.25, 0.3) is 0 Å². The first-order chi connectivity index (χ1) is 12.1. The van der Waals surface area contributed by atoms with Crippen LogP contribution in [0.15, 0.2) is 18.2 Å². The largest absolute Gasteiger partial charge is 0.482 e. The lowest BCUT2D eigenvalue weighted by Gasteiger charge is -2.26. The van der Waals surface area contributed by atoms with Gasteiger partial charge in [0.15, 0.2) is 6.61 Å². The summed E-state index contributed by atoms with van der Waals surface area (Å²) in [5.74, 6) is 0.203. The summed E-state index contributed by atoms with van der Waals surface area (Å²) in [6, 6.07) is 5.64. The van der Waals surface area contributed by atoms with Crippen LogP contribution >= 0.6 is 0 Å². The molecular formula is C19H27NO5. The van der Waals surface area contributed by atoms with E-state index in [0.717, 1.165) is 37.7 Å². The second kappa shape index (κ2) is 9.91. The van der Waals surface area contributed by atoms with Crippen LogP contribution in [0.3, 0.4) is 0 Å². The van der Waals surface area contributed by atoms with E-state index in [9.17, 15) is 9.59 Å². The highest BCUT2D eigenvalue weighted by Gasteiger charge is 2.23. The summed E-state index contributed by atoms with van der Waals surface area (Å²) >= 11 is 0. The monoisotopic (exact) mass is 349 g/mol. The molecule has 0 radical (unpaired) electrons. The van der Waals surface area contributed by atoms with Crippen LogP contribution in [-0.4, -0.2) is 31.9 Å². The van der Waals surface area contributed by atoms with E-state index >= 15 is 0 Å². The van der Waals surface area contributed by atoms with Gasteiger partial charge in [-0.2, -0.15) is 0 Å². The first kappa shape index (κ1) is 19.1. The number of benzene rings is 1. The van der Waals surface area contributed by atoms with Gasteiger partial charge in [0, 0.05) is 0 Å². The Labute approximate surface area is 148 Å². The topological polar surface area (TPSA) is 73.9 Å². The highest BCUT2D eigenvalue weighted by atomic mass is 16.6. The molecule has 1 amide bonds. The maximum atomic E-state index is 11.9. The Morgan fingerprint density at radius 1 is 1.24 bits per heavy atom. The van der Waals surface area contributed by atoms with Gasteiger partial charge in [-0.1, -0.05) is 19.4 Å². The Hall–Kier alpha value is -2.24. The van der Waals surface area contributed by atoms with Gasteiger partial charge in [0.2, 0.25) is 0 Å². The number of unbranched alkanes of at least 4 members (excludes halogenated alkanes) is 1. The number of rotatable bonds is 8. The zero-order valence-corrected chi connectivity index (χ0v) is 15.0. The minimum Gasteiger partial charge on any atom is -0.482 e. The van der Waals surface area contributed by atoms with E-state index in [1.54, 1.807) is 6.92 Å². The predicted octanol–water partition coefficient (Wildman–Crippen LogP) is 3.53. The van der Waals surface area contributed by atoms with Crippen molar-refractivity contribution in [1.29, 1.82) is 0 Å². The Kier molecular flexibility index (Phi) is 7.57. The molecule has 0 aliphatic heterocycles. The molecule has 1 aromatic carbocycles. The molecule has 1 aliphatic carbocycles. The number of amides is 1. The maximum Gasteiger partial charge on any atom is 0.407 e. The van der Waals surface area contributed by atoms with Crippen molar-refractivity contribution in [2.45, 2.75) is 52.0 Å². The Morgan fingerprint density at radius 3 is 2.84 bits per heavy atom. The van der Waals surface area contributed by atoms with Gasteiger partial charge in [-0.15, -0.1) is 0 Å². The number of alkyl carbamates (subject to hydrolysis) is 1. The second-order valence-electron chi connectivity index (χ2n) is 6.03. The van der Waals surface area contributed by atoms with Crippen LogP contribution in [0.4, 0.5) is 4.79 Å². The van der Waals surface area contributed by atoms with Crippen LogP contribution in [0.5, 0.6) is 5.75 Å². The smallest absolute Gasteiger partial charge is 0.407 e. The number of ether oxygens (including phenoxy) is 3. The number of aryl methyl sites for hydroxylation is 1. The van der Waals surface area contributed by atoms with Gasteiger partial charge in [-0.3, -0.25) is 0 Å². The third kappa shape index (κ3) is 5.96. The third-order valence-corrected chi connectivity index (χ3v) is 4.12. The SMILES string of the molecule is CCCCOC(=O)NC1CCCc2ccc(OCC(=O)OCC)cc21. The molecule has 0 fully saturated rings. The highest BCUT2D eigenvalue weighted by Crippen LogP contribution is 2.32. The number of carbonyl (C=O) groups is 2. The summed E-state index contributed by atoms with van der Waals surface area (Å²) < 4.78 is 15.6. The fourth-order valence-corrected chi connectivity index (χ4v) is 2.85. The molecule has 2 rings (SSSR count). The van der Waals surface area contributed by atoms with Crippen LogP contribution < -0.4 is 10.1 Å². The third-order valence-electron chi connectivity index (χ3n) is 4.12. The van der Waals surface area contributed by atoms with Crippen LogP contribution in [0.1, 0.15) is 56.7 Å². The zero-order chi connectivity index (χ0) is 18.1. The van der Waals surface area contributed by atoms with Gasteiger partial charge in [0.1, 0.15) is 5.75 Å². The fourth-order valence-electron chi connectivity index (χ4n) is 2.85. The molecular weight excluding hydrogens is 322 g/mol. The van der Waals surface area contributed by atoms with Crippen molar-refractivity contribution >= 4 is 12.1 Å². The number of fused-ring (bicyclic) bond motifs is 1. The lowest BCUT2D eigenvalue weighted by atomic mass is 9.87. The van der Waals surface area contributed by atoms with Crippen molar-refractivity contribution in [2.75, 3.05) is 19.8 Å². The molecule has 0 saturated heterocycles. The van der Waals surface area contributed by atoms with Gasteiger partial charge in [0.05, 0.1) is 19.3 Å². The molecule has 1 unspecified atom stereocenters. The molecule has 0 saturated carbocycles. The maximum absolute atomic E-state index is 11.9. The van der Waals surface area contributed by atoms with E-state index in [-0.39, 0.29) is 18.7 Å². The van der Waals surface area contributed by atoms with Gasteiger partial charge in [-0.25, -0.2) is 9.59 Å². The molecule has 6 nitrogen and oxygen atoms in total. The Morgan fingerprint density at radius 2 is 2.08 bits per heavy atom. The quantitative estimate of drug-likeness (QED) is 0.574. The molecule has 0 heterocycles. The fraction of sp³-hybridized carbons (Fsp3) is 0.579. The minimum atomic E-state index is -0.394. The lowest BCUT2D eigenvalue weighted by molar-refractivity contribution is -0.145. The second-order valence-corrected chi connectivity index (χ2v) is 6.03. The summed E-state index contributed by atoms with van der Waals surface area (Å²) in [4.78, 5) is 23.4. The van der Waals surface area contributed by atoms with E-state index in [4.69, 9.17) is 14.2 Å². The van der Waals surface area contributed by atoms with E-state index in [2.05, 4.69) is 12.2 Å². The van der Waals surface area contributed by atoms with Crippen molar-refractivity contribution in [2.24, 2.45) is 0 Å². The first-order valence-electron chi connectivity index (χ1n) is 8.98. The standard InChI is InChI=1S/C19H27NO5/c1-3-5-11-24-19(22)20-17-8-6-7-14-9-10-15(12-16(14)17)25-13-18(21)23-4-2/h9-10,12,17H,3-8,11,13H2,1-2H3,(H,20,22).